The second-order valence-corrected chi connectivity index (χ2v) is 6.44. The van der Waals surface area contributed by atoms with Crippen LogP contribution in [0, 0.1) is 0 Å². The molecule has 6 heteroatoms. The van der Waals surface area contributed by atoms with Gasteiger partial charge in [0.2, 0.25) is 10.0 Å². The minimum Gasteiger partial charge on any atom is -0.380 e. The van der Waals surface area contributed by atoms with Crippen LogP contribution in [0.2, 0.25) is 0 Å². The molecule has 0 atom stereocenters. The quantitative estimate of drug-likeness (QED) is 0.518. The van der Waals surface area contributed by atoms with Gasteiger partial charge in [0.15, 0.2) is 5.78 Å². The molecular weight excluding hydrogens is 290 g/mol. The van der Waals surface area contributed by atoms with Crippen molar-refractivity contribution >= 4 is 15.8 Å². The van der Waals surface area contributed by atoms with E-state index in [1.54, 1.807) is 26.0 Å². The molecule has 21 heavy (non-hydrogen) atoms. The van der Waals surface area contributed by atoms with E-state index < -0.39 is 10.0 Å². The molecule has 0 amide bonds. The van der Waals surface area contributed by atoms with Crippen LogP contribution >= 0.6 is 0 Å². The predicted molar refractivity (Wildman–Crippen MR) is 82.0 cm³/mol. The van der Waals surface area contributed by atoms with Crippen molar-refractivity contribution in [3.05, 3.63) is 29.8 Å². The zero-order valence-electron chi connectivity index (χ0n) is 12.8. The molecule has 0 saturated heterocycles. The van der Waals surface area contributed by atoms with Gasteiger partial charge in [-0.3, -0.25) is 4.79 Å². The zero-order chi connectivity index (χ0) is 15.9. The summed E-state index contributed by atoms with van der Waals surface area (Å²) >= 11 is 0. The maximum Gasteiger partial charge on any atom is 0.243 e. The van der Waals surface area contributed by atoms with E-state index in [1.165, 1.54) is 16.4 Å². The lowest BCUT2D eigenvalue weighted by Gasteiger charge is -2.20. The van der Waals surface area contributed by atoms with Gasteiger partial charge in [0.25, 0.3) is 0 Å². The molecular formula is C15H23NO4S. The van der Waals surface area contributed by atoms with Crippen molar-refractivity contribution in [1.29, 1.82) is 0 Å². The van der Waals surface area contributed by atoms with Crippen molar-refractivity contribution in [1.82, 2.24) is 4.31 Å². The molecule has 0 aliphatic carbocycles. The zero-order valence-corrected chi connectivity index (χ0v) is 13.6. The Bertz CT molecular complexity index is 569. The highest BCUT2D eigenvalue weighted by Gasteiger charge is 2.23. The number of hydrogen-bond acceptors (Lipinski definition) is 4. The van der Waals surface area contributed by atoms with Crippen LogP contribution in [-0.2, 0) is 14.8 Å². The number of Topliss-reactive ketones (excluding diaryl/α,β-unsaturated/α-hetero) is 1. The normalized spacial score (nSPS) is 11.8. The summed E-state index contributed by atoms with van der Waals surface area (Å²) in [6.45, 7) is 6.98. The molecule has 0 unspecified atom stereocenters. The molecule has 118 valence electrons. The lowest BCUT2D eigenvalue weighted by molar-refractivity contribution is 0.0988. The molecule has 5 nitrogen and oxygen atoms in total. The van der Waals surface area contributed by atoms with Crippen molar-refractivity contribution in [3.8, 4) is 0 Å². The van der Waals surface area contributed by atoms with Crippen molar-refractivity contribution in [3.63, 3.8) is 0 Å². The van der Waals surface area contributed by atoms with Crippen LogP contribution < -0.4 is 0 Å². The summed E-state index contributed by atoms with van der Waals surface area (Å²) < 4.78 is 31.7. The van der Waals surface area contributed by atoms with Gasteiger partial charge in [0, 0.05) is 31.7 Å². The minimum atomic E-state index is -3.59. The molecule has 0 saturated carbocycles. The van der Waals surface area contributed by atoms with Gasteiger partial charge in [-0.2, -0.15) is 4.31 Å². The molecule has 0 aliphatic heterocycles. The van der Waals surface area contributed by atoms with E-state index in [1.807, 2.05) is 6.92 Å². The summed E-state index contributed by atoms with van der Waals surface area (Å²) in [6, 6.07) is 6.21. The summed E-state index contributed by atoms with van der Waals surface area (Å²) in [5.74, 6) is -0.0654. The second kappa shape index (κ2) is 8.26. The third-order valence-corrected chi connectivity index (χ3v) is 5.13. The van der Waals surface area contributed by atoms with Gasteiger partial charge in [0.1, 0.15) is 0 Å². The average molecular weight is 313 g/mol. The first-order valence-corrected chi connectivity index (χ1v) is 8.62. The van der Waals surface area contributed by atoms with E-state index in [2.05, 4.69) is 0 Å². The van der Waals surface area contributed by atoms with E-state index in [9.17, 15) is 13.2 Å². The Balaban J connectivity index is 3.02. The highest BCUT2D eigenvalue weighted by molar-refractivity contribution is 7.89. The molecule has 0 N–H and O–H groups in total. The predicted octanol–water partition coefficient (Wildman–Crippen LogP) is 2.33. The van der Waals surface area contributed by atoms with Crippen molar-refractivity contribution < 1.29 is 17.9 Å². The number of nitrogens with zero attached hydrogens (tertiary/aromatic N) is 1. The lowest BCUT2D eigenvalue weighted by Crippen LogP contribution is -2.34. The van der Waals surface area contributed by atoms with Crippen LogP contribution in [0.3, 0.4) is 0 Å². The van der Waals surface area contributed by atoms with Crippen LogP contribution in [0.1, 0.15) is 37.6 Å². The van der Waals surface area contributed by atoms with Gasteiger partial charge < -0.3 is 4.74 Å². The van der Waals surface area contributed by atoms with Crippen LogP contribution in [-0.4, -0.2) is 44.8 Å². The van der Waals surface area contributed by atoms with E-state index in [0.29, 0.717) is 38.3 Å². The number of sulfonamides is 1. The van der Waals surface area contributed by atoms with Crippen LogP contribution in [0.15, 0.2) is 29.2 Å². The standard InChI is InChI=1S/C15H23NO4S/c1-4-15(17)13-8-7-9-14(12-13)21(18,19)16(5-2)10-11-20-6-3/h7-9,12H,4-6,10-11H2,1-3H3. The first-order chi connectivity index (χ1) is 9.97. The molecule has 1 rings (SSSR count). The minimum absolute atomic E-state index is 0.0654. The average Bonchev–Trinajstić information content (AvgIpc) is 2.50. The number of hydrogen-bond donors (Lipinski definition) is 0. The van der Waals surface area contributed by atoms with E-state index in [0.717, 1.165) is 0 Å². The molecule has 0 spiro atoms. The molecule has 1 aromatic carbocycles. The molecule has 0 fully saturated rings. The summed E-state index contributed by atoms with van der Waals surface area (Å²) in [7, 11) is -3.59. The van der Waals surface area contributed by atoms with Gasteiger partial charge in [-0.25, -0.2) is 8.42 Å². The van der Waals surface area contributed by atoms with Crippen LogP contribution in [0.25, 0.3) is 0 Å². The Morgan fingerprint density at radius 1 is 1.24 bits per heavy atom. The Kier molecular flexibility index (Phi) is 7.01. The third-order valence-electron chi connectivity index (χ3n) is 3.16. The van der Waals surface area contributed by atoms with Crippen molar-refractivity contribution in [2.24, 2.45) is 0 Å². The van der Waals surface area contributed by atoms with Crippen LogP contribution in [0.4, 0.5) is 0 Å². The number of carbonyl (C=O) groups is 1. The largest absolute Gasteiger partial charge is 0.380 e. The summed E-state index contributed by atoms with van der Waals surface area (Å²) in [6.07, 6.45) is 0.353. The number of rotatable bonds is 9. The van der Waals surface area contributed by atoms with Gasteiger partial charge in [-0.15, -0.1) is 0 Å². The molecule has 0 heterocycles. The second-order valence-electron chi connectivity index (χ2n) is 4.50. The van der Waals surface area contributed by atoms with Gasteiger partial charge in [-0.1, -0.05) is 26.0 Å². The first-order valence-electron chi connectivity index (χ1n) is 7.18. The number of benzene rings is 1. The molecule has 0 aliphatic rings. The monoisotopic (exact) mass is 313 g/mol. The highest BCUT2D eigenvalue weighted by Crippen LogP contribution is 2.17. The molecule has 0 radical (unpaired) electrons. The van der Waals surface area contributed by atoms with E-state index >= 15 is 0 Å². The number of ketones is 1. The number of likely N-dealkylation sites (N-methyl/N-ethyl adjacent to an activating group) is 1. The van der Waals surface area contributed by atoms with Gasteiger partial charge in [-0.05, 0) is 19.1 Å². The maximum absolute atomic E-state index is 12.6. The summed E-state index contributed by atoms with van der Waals surface area (Å²) in [5, 5.41) is 0. The maximum atomic E-state index is 12.6. The van der Waals surface area contributed by atoms with Crippen LogP contribution in [0.5, 0.6) is 0 Å². The van der Waals surface area contributed by atoms with Crippen molar-refractivity contribution in [2.45, 2.75) is 32.1 Å². The fourth-order valence-electron chi connectivity index (χ4n) is 1.94. The Morgan fingerprint density at radius 2 is 1.95 bits per heavy atom. The fourth-order valence-corrected chi connectivity index (χ4v) is 3.42. The number of ether oxygens (including phenoxy) is 1. The van der Waals surface area contributed by atoms with Gasteiger partial charge in [0.05, 0.1) is 11.5 Å². The number of carbonyl (C=O) groups excluding carboxylic acids is 1. The lowest BCUT2D eigenvalue weighted by atomic mass is 10.1. The molecule has 1 aromatic rings. The first kappa shape index (κ1) is 17.8. The Hall–Kier alpha value is -1.24. The fraction of sp³-hybridized carbons (Fsp3) is 0.533. The Labute approximate surface area is 127 Å². The van der Waals surface area contributed by atoms with Gasteiger partial charge >= 0.3 is 0 Å². The SMILES string of the molecule is CCOCCN(CC)S(=O)(=O)c1cccc(C(=O)CC)c1. The summed E-state index contributed by atoms with van der Waals surface area (Å²) in [5.41, 5.74) is 0.430. The third kappa shape index (κ3) is 4.62. The van der Waals surface area contributed by atoms with Crippen molar-refractivity contribution in [2.75, 3.05) is 26.3 Å². The summed E-state index contributed by atoms with van der Waals surface area (Å²) in [4.78, 5) is 11.9. The molecule has 0 bridgehead atoms. The smallest absolute Gasteiger partial charge is 0.243 e. The highest BCUT2D eigenvalue weighted by atomic mass is 32.2. The van der Waals surface area contributed by atoms with E-state index in [-0.39, 0.29) is 10.7 Å². The van der Waals surface area contributed by atoms with E-state index in [4.69, 9.17) is 4.74 Å². The molecule has 0 aromatic heterocycles. The Morgan fingerprint density at radius 3 is 2.52 bits per heavy atom. The topological polar surface area (TPSA) is 63.7 Å².